The van der Waals surface area contributed by atoms with Gasteiger partial charge in [-0.1, -0.05) is 0 Å². The van der Waals surface area contributed by atoms with Crippen molar-refractivity contribution in [2.45, 2.75) is 30.6 Å². The van der Waals surface area contributed by atoms with Gasteiger partial charge in [-0.3, -0.25) is 19.3 Å². The van der Waals surface area contributed by atoms with E-state index >= 15 is 0 Å². The average molecular weight is 464 g/mol. The molecule has 33 heavy (non-hydrogen) atoms. The summed E-state index contributed by atoms with van der Waals surface area (Å²) in [4.78, 5) is 41.0. The minimum Gasteiger partial charge on any atom is -0.507 e. The first-order chi connectivity index (χ1) is 15.2. The number of rotatable bonds is 1. The molecule has 2 saturated carbocycles. The molecule has 1 unspecified atom stereocenters. The normalized spacial score (nSPS) is 35.4. The van der Waals surface area contributed by atoms with E-state index in [1.807, 2.05) is 0 Å². The molecule has 0 amide bonds. The van der Waals surface area contributed by atoms with E-state index in [9.17, 15) is 43.6 Å². The molecule has 176 valence electrons. The topological polar surface area (TPSA) is 161 Å². The fourth-order valence-corrected chi connectivity index (χ4v) is 5.54. The molecule has 4 rings (SSSR count). The van der Waals surface area contributed by atoms with Crippen LogP contribution in [0.5, 0.6) is 0 Å². The number of fused-ring (bicyclic) bond motifs is 3. The minimum absolute atomic E-state index is 0.428. The van der Waals surface area contributed by atoms with Crippen molar-refractivity contribution in [3.05, 3.63) is 51.9 Å². The number of aliphatic hydroxyl groups is 4. The van der Waals surface area contributed by atoms with E-state index < -0.39 is 98.4 Å². The largest absolute Gasteiger partial charge is 0.507 e. The fraction of sp³-hybridized carbons (Fsp3) is 0.409. The van der Waals surface area contributed by atoms with Gasteiger partial charge in [-0.25, -0.2) is 8.78 Å². The number of halogens is 2. The highest BCUT2D eigenvalue weighted by molar-refractivity contribution is 6.35. The number of hydrogen-bond acceptors (Lipinski definition) is 9. The van der Waals surface area contributed by atoms with Crippen molar-refractivity contribution in [1.82, 2.24) is 4.90 Å². The molecule has 5 atom stereocenters. The van der Waals surface area contributed by atoms with Crippen LogP contribution in [0, 0.1) is 23.5 Å². The lowest BCUT2D eigenvalue weighted by Crippen LogP contribution is -2.70. The van der Waals surface area contributed by atoms with Crippen LogP contribution in [-0.4, -0.2) is 68.4 Å². The Bertz CT molecular complexity index is 1200. The summed E-state index contributed by atoms with van der Waals surface area (Å²) in [6.45, 7) is 1.12. The third-order valence-electron chi connectivity index (χ3n) is 7.03. The summed E-state index contributed by atoms with van der Waals surface area (Å²) in [6.07, 6.45) is -0.428. The number of carbonyl (C=O) groups is 3. The molecular weight excluding hydrogens is 442 g/mol. The molecule has 9 nitrogen and oxygen atoms in total. The molecule has 3 aliphatic carbocycles. The van der Waals surface area contributed by atoms with Crippen LogP contribution in [0.2, 0.25) is 0 Å². The number of carbonyl (C=O) groups excluding carboxylic acids is 3. The molecule has 0 aromatic heterocycles. The second-order valence-corrected chi connectivity index (χ2v) is 9.04. The van der Waals surface area contributed by atoms with Gasteiger partial charge in [0.1, 0.15) is 23.0 Å². The minimum atomic E-state index is -2.96. The predicted octanol–water partition coefficient (Wildman–Crippen LogP) is 0.202. The maximum absolute atomic E-state index is 14.7. The summed E-state index contributed by atoms with van der Waals surface area (Å²) >= 11 is 0. The summed E-state index contributed by atoms with van der Waals surface area (Å²) in [6, 6.07) is 0.126. The molecule has 3 aliphatic rings. The summed E-state index contributed by atoms with van der Waals surface area (Å²) in [7, 11) is 2.86. The molecule has 6 N–H and O–H groups in total. The van der Waals surface area contributed by atoms with Crippen LogP contribution < -0.4 is 5.73 Å². The molecule has 0 aliphatic heterocycles. The van der Waals surface area contributed by atoms with Crippen LogP contribution in [-0.2, 0) is 20.0 Å². The van der Waals surface area contributed by atoms with E-state index in [1.54, 1.807) is 0 Å². The zero-order chi connectivity index (χ0) is 24.8. The SMILES string of the molecule is CN(C)[C@@H]1C(=O)/C(=C(\N)O)C(=O)[C@]2(O)C(=O)C3=C(O)c4c(F)ccc(F)c4C(C)(O)[C@H]3C[C@H]12. The van der Waals surface area contributed by atoms with E-state index in [2.05, 4.69) is 0 Å². The van der Waals surface area contributed by atoms with Crippen molar-refractivity contribution in [2.75, 3.05) is 14.1 Å². The second-order valence-electron chi connectivity index (χ2n) is 9.04. The quantitative estimate of drug-likeness (QED) is 0.169. The van der Waals surface area contributed by atoms with Gasteiger partial charge in [0, 0.05) is 23.0 Å². The maximum atomic E-state index is 14.7. The third-order valence-corrected chi connectivity index (χ3v) is 7.03. The van der Waals surface area contributed by atoms with Crippen LogP contribution in [0.25, 0.3) is 5.76 Å². The summed E-state index contributed by atoms with van der Waals surface area (Å²) < 4.78 is 29.3. The number of aliphatic hydroxyl groups excluding tert-OH is 2. The smallest absolute Gasteiger partial charge is 0.211 e. The van der Waals surface area contributed by atoms with E-state index in [1.165, 1.54) is 19.0 Å². The average Bonchev–Trinajstić information content (AvgIpc) is 2.69. The van der Waals surface area contributed by atoms with Gasteiger partial charge in [0.05, 0.1) is 17.2 Å². The van der Waals surface area contributed by atoms with E-state index in [4.69, 9.17) is 5.73 Å². The maximum Gasteiger partial charge on any atom is 0.211 e. The number of ketones is 3. The van der Waals surface area contributed by atoms with Crippen LogP contribution in [0.3, 0.4) is 0 Å². The van der Waals surface area contributed by atoms with Crippen LogP contribution in [0.4, 0.5) is 8.78 Å². The summed E-state index contributed by atoms with van der Waals surface area (Å²) in [5.41, 5.74) is -2.89. The summed E-state index contributed by atoms with van der Waals surface area (Å²) in [5, 5.41) is 43.3. The molecule has 2 fully saturated rings. The lowest BCUT2D eigenvalue weighted by atomic mass is 9.53. The highest BCUT2D eigenvalue weighted by Crippen LogP contribution is 2.56. The lowest BCUT2D eigenvalue weighted by Gasteiger charge is -2.52. The van der Waals surface area contributed by atoms with Gasteiger partial charge in [-0.15, -0.1) is 0 Å². The van der Waals surface area contributed by atoms with Crippen molar-refractivity contribution < 1.29 is 43.6 Å². The Hall–Kier alpha value is -3.15. The molecule has 11 heteroatoms. The molecule has 1 aromatic rings. The van der Waals surface area contributed by atoms with E-state index in [0.29, 0.717) is 6.07 Å². The van der Waals surface area contributed by atoms with Crippen molar-refractivity contribution >= 4 is 23.1 Å². The zero-order valence-electron chi connectivity index (χ0n) is 17.9. The Morgan fingerprint density at radius 3 is 2.24 bits per heavy atom. The number of hydrogen-bond donors (Lipinski definition) is 5. The zero-order valence-corrected chi connectivity index (χ0v) is 17.9. The number of Topliss-reactive ketones (excluding diaryl/α,β-unsaturated/α-hetero) is 3. The first kappa shape index (κ1) is 23.0. The molecule has 0 heterocycles. The van der Waals surface area contributed by atoms with Crippen molar-refractivity contribution in [1.29, 1.82) is 0 Å². The number of benzene rings is 1. The number of likely N-dealkylation sites (N-methyl/N-ethyl adjacent to an activating group) is 1. The van der Waals surface area contributed by atoms with Crippen LogP contribution in [0.1, 0.15) is 24.5 Å². The first-order valence-electron chi connectivity index (χ1n) is 10.0. The molecule has 0 saturated heterocycles. The first-order valence-corrected chi connectivity index (χ1v) is 10.0. The standard InChI is InChI=1S/C22H22F2N2O7/c1-21(32)7-6-8-15(26(2)3)17(28)13(20(25)31)19(30)22(8,33)18(29)11(7)16(27)12-9(23)4-5-10(24)14(12)21/h4-5,7-8,15,27,31-33H,6,25H2,1-3H3/b20-13-/t7-,8+,15-,21?,22+/m0/s1. The van der Waals surface area contributed by atoms with Crippen molar-refractivity contribution in [2.24, 2.45) is 17.6 Å². The predicted molar refractivity (Wildman–Crippen MR) is 108 cm³/mol. The highest BCUT2D eigenvalue weighted by Gasteiger charge is 2.68. The third kappa shape index (κ3) is 2.69. The Labute approximate surface area is 186 Å². The summed E-state index contributed by atoms with van der Waals surface area (Å²) in [5.74, 6) is -11.0. The second kappa shape index (κ2) is 6.92. The van der Waals surface area contributed by atoms with Crippen molar-refractivity contribution in [3.63, 3.8) is 0 Å². The van der Waals surface area contributed by atoms with Gasteiger partial charge in [-0.05, 0) is 39.6 Å². The Balaban J connectivity index is 2.05. The molecule has 0 bridgehead atoms. The van der Waals surface area contributed by atoms with Gasteiger partial charge in [-0.2, -0.15) is 0 Å². The van der Waals surface area contributed by atoms with Gasteiger partial charge < -0.3 is 26.2 Å². The molecule has 1 aromatic carbocycles. The highest BCUT2D eigenvalue weighted by atomic mass is 19.1. The van der Waals surface area contributed by atoms with Crippen molar-refractivity contribution in [3.8, 4) is 0 Å². The van der Waals surface area contributed by atoms with Gasteiger partial charge in [0.15, 0.2) is 17.3 Å². The molecular formula is C22H22F2N2O7. The Morgan fingerprint density at radius 1 is 1.12 bits per heavy atom. The fourth-order valence-electron chi connectivity index (χ4n) is 5.54. The van der Waals surface area contributed by atoms with Gasteiger partial charge in [0.2, 0.25) is 11.6 Å². The Kier molecular flexibility index (Phi) is 4.83. The lowest BCUT2D eigenvalue weighted by molar-refractivity contribution is -0.169. The van der Waals surface area contributed by atoms with Crippen LogP contribution in [0.15, 0.2) is 29.2 Å². The van der Waals surface area contributed by atoms with E-state index in [0.717, 1.165) is 13.0 Å². The van der Waals surface area contributed by atoms with E-state index in [-0.39, 0.29) is 0 Å². The molecule has 0 radical (unpaired) electrons. The van der Waals surface area contributed by atoms with Gasteiger partial charge in [0.25, 0.3) is 0 Å². The number of nitrogens with zero attached hydrogens (tertiary/aromatic N) is 1. The van der Waals surface area contributed by atoms with Crippen LogP contribution >= 0.6 is 0 Å². The molecule has 0 spiro atoms. The Morgan fingerprint density at radius 2 is 1.70 bits per heavy atom. The monoisotopic (exact) mass is 464 g/mol. The van der Waals surface area contributed by atoms with Gasteiger partial charge >= 0.3 is 0 Å². The number of nitrogens with two attached hydrogens (primary N) is 1.